The van der Waals surface area contributed by atoms with Crippen LogP contribution >= 0.6 is 0 Å². The van der Waals surface area contributed by atoms with Gasteiger partial charge in [-0.1, -0.05) is 5.16 Å². The second-order valence-corrected chi connectivity index (χ2v) is 6.37. The predicted molar refractivity (Wildman–Crippen MR) is 96.3 cm³/mol. The SMILES string of the molecule is COc1ccc(OC(=O)Nc2c(C)noc2C)c2cc(C3CCCO3)oc12. The highest BCUT2D eigenvalue weighted by atomic mass is 16.6. The molecule has 0 spiro atoms. The highest BCUT2D eigenvalue weighted by Gasteiger charge is 2.24. The summed E-state index contributed by atoms with van der Waals surface area (Å²) in [5.74, 6) is 2.13. The molecule has 1 aromatic carbocycles. The standard InChI is InChI=1S/C19H20N2O6/c1-10-17(11(2)27-21-10)20-19(22)26-13-6-7-15(23-3)18-12(13)9-16(25-18)14-5-4-8-24-14/h6-7,9,14H,4-5,8H2,1-3H3,(H,20,22). The van der Waals surface area contributed by atoms with E-state index in [0.29, 0.717) is 52.0 Å². The van der Waals surface area contributed by atoms with E-state index in [4.69, 9.17) is 23.2 Å². The van der Waals surface area contributed by atoms with Gasteiger partial charge in [-0.2, -0.15) is 0 Å². The first-order valence-corrected chi connectivity index (χ1v) is 8.70. The van der Waals surface area contributed by atoms with Gasteiger partial charge in [0.1, 0.15) is 29.0 Å². The van der Waals surface area contributed by atoms with Gasteiger partial charge in [0.2, 0.25) is 0 Å². The Hall–Kier alpha value is -3.00. The minimum atomic E-state index is -0.643. The van der Waals surface area contributed by atoms with Gasteiger partial charge < -0.3 is 23.2 Å². The number of amides is 1. The summed E-state index contributed by atoms with van der Waals surface area (Å²) in [6, 6.07) is 5.21. The Morgan fingerprint density at radius 3 is 2.78 bits per heavy atom. The molecule has 8 heteroatoms. The monoisotopic (exact) mass is 372 g/mol. The average molecular weight is 372 g/mol. The number of aryl methyl sites for hydroxylation is 2. The Labute approximate surface area is 155 Å². The largest absolute Gasteiger partial charge is 0.493 e. The molecule has 1 saturated heterocycles. The number of benzene rings is 1. The molecule has 8 nitrogen and oxygen atoms in total. The minimum absolute atomic E-state index is 0.0916. The second-order valence-electron chi connectivity index (χ2n) is 6.37. The van der Waals surface area contributed by atoms with Gasteiger partial charge in [-0.25, -0.2) is 4.79 Å². The van der Waals surface area contributed by atoms with Gasteiger partial charge in [0.25, 0.3) is 0 Å². The number of nitrogens with zero attached hydrogens (tertiary/aromatic N) is 1. The van der Waals surface area contributed by atoms with Crippen LogP contribution in [-0.4, -0.2) is 25.0 Å². The van der Waals surface area contributed by atoms with E-state index in [0.717, 1.165) is 12.8 Å². The Kier molecular flexibility index (Phi) is 4.49. The van der Waals surface area contributed by atoms with E-state index < -0.39 is 6.09 Å². The molecule has 1 fully saturated rings. The number of ether oxygens (including phenoxy) is 3. The maximum Gasteiger partial charge on any atom is 0.417 e. The molecule has 4 rings (SSSR count). The molecule has 0 radical (unpaired) electrons. The molecule has 1 unspecified atom stereocenters. The van der Waals surface area contributed by atoms with Crippen molar-refractivity contribution in [3.63, 3.8) is 0 Å². The number of methoxy groups -OCH3 is 1. The summed E-state index contributed by atoms with van der Waals surface area (Å²) in [6.45, 7) is 4.16. The quantitative estimate of drug-likeness (QED) is 0.720. The Balaban J connectivity index is 1.63. The summed E-state index contributed by atoms with van der Waals surface area (Å²) < 4.78 is 27.6. The number of rotatable bonds is 4. The van der Waals surface area contributed by atoms with Crippen molar-refractivity contribution in [3.8, 4) is 11.5 Å². The van der Waals surface area contributed by atoms with Gasteiger partial charge in [-0.15, -0.1) is 0 Å². The number of carbonyl (C=O) groups is 1. The van der Waals surface area contributed by atoms with Crippen molar-refractivity contribution in [2.24, 2.45) is 0 Å². The lowest BCUT2D eigenvalue weighted by molar-refractivity contribution is 0.0949. The van der Waals surface area contributed by atoms with Crippen LogP contribution < -0.4 is 14.8 Å². The van der Waals surface area contributed by atoms with E-state index in [1.807, 2.05) is 6.07 Å². The van der Waals surface area contributed by atoms with Crippen LogP contribution in [0.4, 0.5) is 10.5 Å². The van der Waals surface area contributed by atoms with Crippen LogP contribution in [-0.2, 0) is 4.74 Å². The second kappa shape index (κ2) is 6.96. The van der Waals surface area contributed by atoms with E-state index in [-0.39, 0.29) is 6.10 Å². The number of nitrogens with one attached hydrogen (secondary N) is 1. The summed E-state index contributed by atoms with van der Waals surface area (Å²) in [7, 11) is 1.56. The van der Waals surface area contributed by atoms with Gasteiger partial charge in [-0.05, 0) is 44.9 Å². The van der Waals surface area contributed by atoms with E-state index in [2.05, 4.69) is 10.5 Å². The molecule has 142 valence electrons. The van der Waals surface area contributed by atoms with Crippen LogP contribution in [0.15, 0.2) is 27.1 Å². The fourth-order valence-corrected chi connectivity index (χ4v) is 3.19. The van der Waals surface area contributed by atoms with Crippen molar-refractivity contribution in [2.45, 2.75) is 32.8 Å². The van der Waals surface area contributed by atoms with Crippen molar-refractivity contribution in [1.82, 2.24) is 5.16 Å². The highest BCUT2D eigenvalue weighted by molar-refractivity contribution is 5.94. The number of hydrogen-bond donors (Lipinski definition) is 1. The highest BCUT2D eigenvalue weighted by Crippen LogP contribution is 2.40. The Bertz CT molecular complexity index is 964. The number of carbonyl (C=O) groups excluding carboxylic acids is 1. The van der Waals surface area contributed by atoms with E-state index in [1.54, 1.807) is 33.1 Å². The molecule has 1 aliphatic rings. The van der Waals surface area contributed by atoms with Gasteiger partial charge in [-0.3, -0.25) is 5.32 Å². The normalized spacial score (nSPS) is 16.6. The van der Waals surface area contributed by atoms with Crippen molar-refractivity contribution in [2.75, 3.05) is 19.0 Å². The fourth-order valence-electron chi connectivity index (χ4n) is 3.19. The molecule has 0 bridgehead atoms. The Morgan fingerprint density at radius 2 is 2.11 bits per heavy atom. The molecule has 3 heterocycles. The smallest absolute Gasteiger partial charge is 0.417 e. The van der Waals surface area contributed by atoms with Crippen LogP contribution in [0.5, 0.6) is 11.5 Å². The van der Waals surface area contributed by atoms with Gasteiger partial charge in [0, 0.05) is 6.61 Å². The zero-order chi connectivity index (χ0) is 19.0. The molecule has 3 aromatic rings. The summed E-state index contributed by atoms with van der Waals surface area (Å²) >= 11 is 0. The van der Waals surface area contributed by atoms with Crippen LogP contribution in [0.2, 0.25) is 0 Å². The fraction of sp³-hybridized carbons (Fsp3) is 0.368. The molecule has 1 atom stereocenters. The summed E-state index contributed by atoms with van der Waals surface area (Å²) in [5.41, 5.74) is 1.59. The molecule has 1 amide bonds. The summed E-state index contributed by atoms with van der Waals surface area (Å²) in [4.78, 5) is 12.4. The molecule has 27 heavy (non-hydrogen) atoms. The van der Waals surface area contributed by atoms with E-state index in [9.17, 15) is 4.79 Å². The third-order valence-electron chi connectivity index (χ3n) is 4.56. The van der Waals surface area contributed by atoms with Crippen molar-refractivity contribution < 1.29 is 27.9 Å². The zero-order valence-corrected chi connectivity index (χ0v) is 15.3. The van der Waals surface area contributed by atoms with Gasteiger partial charge >= 0.3 is 6.09 Å². The van der Waals surface area contributed by atoms with Crippen LogP contribution in [0.25, 0.3) is 11.0 Å². The number of hydrogen-bond acceptors (Lipinski definition) is 7. The number of anilines is 1. The van der Waals surface area contributed by atoms with Crippen molar-refractivity contribution >= 4 is 22.7 Å². The zero-order valence-electron chi connectivity index (χ0n) is 15.3. The number of aromatic nitrogens is 1. The van der Waals surface area contributed by atoms with Gasteiger partial charge in [0.05, 0.1) is 12.5 Å². The lowest BCUT2D eigenvalue weighted by atomic mass is 10.1. The maximum absolute atomic E-state index is 12.4. The van der Waals surface area contributed by atoms with Gasteiger partial charge in [0.15, 0.2) is 17.1 Å². The lowest BCUT2D eigenvalue weighted by Crippen LogP contribution is -2.17. The topological polar surface area (TPSA) is 96.0 Å². The molecular weight excluding hydrogens is 352 g/mol. The van der Waals surface area contributed by atoms with Crippen LogP contribution in [0.1, 0.15) is 36.2 Å². The maximum atomic E-state index is 12.4. The van der Waals surface area contributed by atoms with E-state index >= 15 is 0 Å². The number of fused-ring (bicyclic) bond motifs is 1. The summed E-state index contributed by atoms with van der Waals surface area (Å²) in [5, 5.41) is 7.11. The Morgan fingerprint density at radius 1 is 1.30 bits per heavy atom. The molecule has 2 aromatic heterocycles. The molecule has 0 saturated carbocycles. The lowest BCUT2D eigenvalue weighted by Gasteiger charge is -2.08. The first kappa shape index (κ1) is 17.4. The molecule has 0 aliphatic carbocycles. The first-order chi connectivity index (χ1) is 13.1. The van der Waals surface area contributed by atoms with Crippen molar-refractivity contribution in [3.05, 3.63) is 35.4 Å². The summed E-state index contributed by atoms with van der Waals surface area (Å²) in [6.07, 6.45) is 1.15. The number of furan rings is 1. The first-order valence-electron chi connectivity index (χ1n) is 8.70. The molecule has 1 aliphatic heterocycles. The minimum Gasteiger partial charge on any atom is -0.493 e. The van der Waals surface area contributed by atoms with E-state index in [1.165, 1.54) is 0 Å². The third-order valence-corrected chi connectivity index (χ3v) is 4.56. The van der Waals surface area contributed by atoms with Crippen LogP contribution in [0.3, 0.4) is 0 Å². The van der Waals surface area contributed by atoms with Crippen LogP contribution in [0, 0.1) is 13.8 Å². The predicted octanol–water partition coefficient (Wildman–Crippen LogP) is 4.51. The molecule has 1 N–H and O–H groups in total. The third kappa shape index (κ3) is 3.23. The molecular formula is C19H20N2O6. The van der Waals surface area contributed by atoms with Crippen molar-refractivity contribution in [1.29, 1.82) is 0 Å². The average Bonchev–Trinajstić information content (AvgIpc) is 3.38.